The molecule has 0 unspecified atom stereocenters. The number of amides is 1. The minimum Gasteiger partial charge on any atom is -0.356 e. The first-order valence-electron chi connectivity index (χ1n) is 5.90. The molecule has 3 nitrogen and oxygen atoms in total. The van der Waals surface area contributed by atoms with Crippen molar-refractivity contribution in [3.05, 3.63) is 0 Å². The molecule has 0 atom stereocenters. The number of hydrogen-bond donors (Lipinski definition) is 1. The molecular formula is C12H26N2O. The Morgan fingerprint density at radius 2 is 1.87 bits per heavy atom. The van der Waals surface area contributed by atoms with Gasteiger partial charge in [0.25, 0.3) is 0 Å². The molecule has 0 spiro atoms. The zero-order valence-electron chi connectivity index (χ0n) is 10.8. The summed E-state index contributed by atoms with van der Waals surface area (Å²) in [6.07, 6.45) is 1.59. The van der Waals surface area contributed by atoms with Crippen molar-refractivity contribution >= 4 is 5.91 Å². The Labute approximate surface area is 94.2 Å². The Kier molecular flexibility index (Phi) is 7.39. The van der Waals surface area contributed by atoms with Gasteiger partial charge >= 0.3 is 0 Å². The molecule has 90 valence electrons. The van der Waals surface area contributed by atoms with Crippen LogP contribution in [-0.2, 0) is 4.79 Å². The van der Waals surface area contributed by atoms with Gasteiger partial charge in [-0.15, -0.1) is 0 Å². The molecule has 3 heteroatoms. The highest BCUT2D eigenvalue weighted by Gasteiger charge is 2.05. The van der Waals surface area contributed by atoms with E-state index < -0.39 is 0 Å². The minimum absolute atomic E-state index is 0.181. The molecule has 1 amide bonds. The smallest absolute Gasteiger partial charge is 0.220 e. The summed E-state index contributed by atoms with van der Waals surface area (Å²) in [6.45, 7) is 10.3. The van der Waals surface area contributed by atoms with E-state index in [1.807, 2.05) is 0 Å². The van der Waals surface area contributed by atoms with Crippen LogP contribution < -0.4 is 5.32 Å². The lowest BCUT2D eigenvalue weighted by atomic mass is 10.2. The largest absolute Gasteiger partial charge is 0.356 e. The maximum atomic E-state index is 11.4. The van der Waals surface area contributed by atoms with Gasteiger partial charge in [0.1, 0.15) is 0 Å². The zero-order chi connectivity index (χ0) is 11.8. The molecule has 15 heavy (non-hydrogen) atoms. The van der Waals surface area contributed by atoms with Crippen LogP contribution in [0.2, 0.25) is 0 Å². The molecule has 0 fully saturated rings. The van der Waals surface area contributed by atoms with Crippen LogP contribution in [0.3, 0.4) is 0 Å². The van der Waals surface area contributed by atoms with Gasteiger partial charge in [0, 0.05) is 19.0 Å². The summed E-state index contributed by atoms with van der Waals surface area (Å²) < 4.78 is 0. The molecule has 0 bridgehead atoms. The monoisotopic (exact) mass is 214 g/mol. The standard InChI is InChI=1S/C12H26N2O/c1-10(2)9-13-12(15)7-6-8-14(5)11(3)4/h10-11H,6-9H2,1-5H3,(H,13,15). The highest BCUT2D eigenvalue weighted by Crippen LogP contribution is 1.98. The first-order valence-corrected chi connectivity index (χ1v) is 5.90. The second-order valence-corrected chi connectivity index (χ2v) is 4.88. The summed E-state index contributed by atoms with van der Waals surface area (Å²) in [5.41, 5.74) is 0. The first-order chi connectivity index (χ1) is 6.93. The van der Waals surface area contributed by atoms with E-state index in [0.717, 1.165) is 19.5 Å². The zero-order valence-corrected chi connectivity index (χ0v) is 10.8. The number of nitrogens with zero attached hydrogens (tertiary/aromatic N) is 1. The number of carbonyl (C=O) groups excluding carboxylic acids is 1. The van der Waals surface area contributed by atoms with E-state index in [-0.39, 0.29) is 5.91 Å². The predicted molar refractivity (Wildman–Crippen MR) is 64.8 cm³/mol. The van der Waals surface area contributed by atoms with E-state index in [9.17, 15) is 4.79 Å². The molecule has 0 aromatic heterocycles. The number of hydrogen-bond acceptors (Lipinski definition) is 2. The van der Waals surface area contributed by atoms with Gasteiger partial charge in [-0.25, -0.2) is 0 Å². The molecule has 0 aliphatic rings. The highest BCUT2D eigenvalue weighted by atomic mass is 16.1. The van der Waals surface area contributed by atoms with Crippen molar-refractivity contribution in [2.45, 2.75) is 46.6 Å². The lowest BCUT2D eigenvalue weighted by Gasteiger charge is -2.20. The van der Waals surface area contributed by atoms with Crippen LogP contribution in [0.5, 0.6) is 0 Å². The fourth-order valence-electron chi connectivity index (χ4n) is 1.15. The van der Waals surface area contributed by atoms with Gasteiger partial charge in [-0.2, -0.15) is 0 Å². The van der Waals surface area contributed by atoms with Crippen LogP contribution in [0.1, 0.15) is 40.5 Å². The SMILES string of the molecule is CC(C)CNC(=O)CCCN(C)C(C)C. The predicted octanol–water partition coefficient (Wildman–Crippen LogP) is 1.88. The summed E-state index contributed by atoms with van der Waals surface area (Å²) in [4.78, 5) is 13.6. The van der Waals surface area contributed by atoms with Gasteiger partial charge in [0.2, 0.25) is 5.91 Å². The quantitative estimate of drug-likeness (QED) is 0.702. The van der Waals surface area contributed by atoms with Crippen LogP contribution in [0, 0.1) is 5.92 Å². The molecule has 0 aromatic carbocycles. The average Bonchev–Trinajstić information content (AvgIpc) is 2.14. The highest BCUT2D eigenvalue weighted by molar-refractivity contribution is 5.75. The fourth-order valence-corrected chi connectivity index (χ4v) is 1.15. The molecular weight excluding hydrogens is 188 g/mol. The summed E-state index contributed by atoms with van der Waals surface area (Å²) >= 11 is 0. The van der Waals surface area contributed by atoms with Crippen LogP contribution in [0.25, 0.3) is 0 Å². The topological polar surface area (TPSA) is 32.3 Å². The van der Waals surface area contributed by atoms with Crippen molar-refractivity contribution in [3.63, 3.8) is 0 Å². The van der Waals surface area contributed by atoms with Crippen molar-refractivity contribution in [3.8, 4) is 0 Å². The van der Waals surface area contributed by atoms with E-state index in [1.54, 1.807) is 0 Å². The number of rotatable bonds is 7. The Bertz CT molecular complexity index is 178. The van der Waals surface area contributed by atoms with Gasteiger partial charge in [-0.1, -0.05) is 13.8 Å². The molecule has 0 saturated heterocycles. The van der Waals surface area contributed by atoms with Gasteiger partial charge < -0.3 is 10.2 Å². The second kappa shape index (κ2) is 7.69. The summed E-state index contributed by atoms with van der Waals surface area (Å²) in [6, 6.07) is 0.559. The maximum Gasteiger partial charge on any atom is 0.220 e. The van der Waals surface area contributed by atoms with Crippen molar-refractivity contribution in [2.75, 3.05) is 20.1 Å². The average molecular weight is 214 g/mol. The van der Waals surface area contributed by atoms with Crippen molar-refractivity contribution in [2.24, 2.45) is 5.92 Å². The van der Waals surface area contributed by atoms with Crippen LogP contribution >= 0.6 is 0 Å². The van der Waals surface area contributed by atoms with Crippen LogP contribution in [-0.4, -0.2) is 37.0 Å². The maximum absolute atomic E-state index is 11.4. The normalized spacial score (nSPS) is 11.5. The molecule has 0 heterocycles. The van der Waals surface area contributed by atoms with Gasteiger partial charge in [0.05, 0.1) is 0 Å². The van der Waals surface area contributed by atoms with E-state index >= 15 is 0 Å². The molecule has 0 aliphatic heterocycles. The van der Waals surface area contributed by atoms with Gasteiger partial charge in [0.15, 0.2) is 0 Å². The Balaban J connectivity index is 3.47. The molecule has 1 N–H and O–H groups in total. The first kappa shape index (κ1) is 14.4. The Morgan fingerprint density at radius 1 is 1.27 bits per heavy atom. The van der Waals surface area contributed by atoms with E-state index in [4.69, 9.17) is 0 Å². The van der Waals surface area contributed by atoms with E-state index in [0.29, 0.717) is 18.4 Å². The Hall–Kier alpha value is -0.570. The van der Waals surface area contributed by atoms with Gasteiger partial charge in [-0.05, 0) is 39.8 Å². The lowest BCUT2D eigenvalue weighted by molar-refractivity contribution is -0.121. The minimum atomic E-state index is 0.181. The fraction of sp³-hybridized carbons (Fsp3) is 0.917. The van der Waals surface area contributed by atoms with Gasteiger partial charge in [-0.3, -0.25) is 4.79 Å². The molecule has 0 rings (SSSR count). The van der Waals surface area contributed by atoms with E-state index in [1.165, 1.54) is 0 Å². The third-order valence-electron chi connectivity index (χ3n) is 2.50. The Morgan fingerprint density at radius 3 is 2.33 bits per heavy atom. The third-order valence-corrected chi connectivity index (χ3v) is 2.50. The molecule has 0 aromatic rings. The lowest BCUT2D eigenvalue weighted by Crippen LogP contribution is -2.30. The summed E-state index contributed by atoms with van der Waals surface area (Å²) in [5.74, 6) is 0.716. The molecule has 0 radical (unpaired) electrons. The molecule has 0 aliphatic carbocycles. The third kappa shape index (κ3) is 8.43. The van der Waals surface area contributed by atoms with Crippen LogP contribution in [0.15, 0.2) is 0 Å². The number of carbonyl (C=O) groups is 1. The summed E-state index contributed by atoms with van der Waals surface area (Å²) in [7, 11) is 2.09. The summed E-state index contributed by atoms with van der Waals surface area (Å²) in [5, 5.41) is 2.93. The van der Waals surface area contributed by atoms with Crippen LogP contribution in [0.4, 0.5) is 0 Å². The van der Waals surface area contributed by atoms with E-state index in [2.05, 4.69) is 45.0 Å². The van der Waals surface area contributed by atoms with Crippen molar-refractivity contribution in [1.29, 1.82) is 0 Å². The number of nitrogens with one attached hydrogen (secondary N) is 1. The molecule has 0 saturated carbocycles. The van der Waals surface area contributed by atoms with Crippen molar-refractivity contribution < 1.29 is 4.79 Å². The van der Waals surface area contributed by atoms with Crippen molar-refractivity contribution in [1.82, 2.24) is 10.2 Å². The second-order valence-electron chi connectivity index (χ2n) is 4.88.